The van der Waals surface area contributed by atoms with Gasteiger partial charge in [-0.05, 0) is 59.0 Å². The lowest BCUT2D eigenvalue weighted by molar-refractivity contribution is 0.484. The van der Waals surface area contributed by atoms with Gasteiger partial charge in [0, 0.05) is 17.3 Å². The first-order valence-corrected chi connectivity index (χ1v) is 6.88. The fourth-order valence-electron chi connectivity index (χ4n) is 1.87. The molecule has 2 N–H and O–H groups in total. The maximum atomic E-state index is 5.97. The second-order valence-corrected chi connectivity index (χ2v) is 5.28. The van der Waals surface area contributed by atoms with E-state index in [0.29, 0.717) is 5.69 Å². The first kappa shape index (κ1) is 12.2. The molecular weight excluding hydrogens is 351 g/mol. The van der Waals surface area contributed by atoms with Crippen LogP contribution in [0.5, 0.6) is 11.5 Å². The molecule has 3 aromatic rings. The van der Waals surface area contributed by atoms with Crippen molar-refractivity contribution >= 4 is 39.2 Å². The maximum absolute atomic E-state index is 5.97. The van der Waals surface area contributed by atoms with Crippen molar-refractivity contribution in [2.24, 2.45) is 0 Å². The number of halogens is 1. The predicted octanol–water partition coefficient (Wildman–Crippen LogP) is 4.21. The molecule has 1 aromatic heterocycles. The average molecular weight is 362 g/mol. The van der Waals surface area contributed by atoms with Gasteiger partial charge in [-0.25, -0.2) is 0 Å². The molecule has 0 aliphatic heterocycles. The molecule has 0 radical (unpaired) electrons. The highest BCUT2D eigenvalue weighted by Gasteiger charge is 2.06. The smallest absolute Gasteiger partial charge is 0.140 e. The number of fused-ring (bicyclic) bond motifs is 1. The number of hydrogen-bond donors (Lipinski definition) is 1. The molecule has 3 nitrogen and oxygen atoms in total. The second-order valence-electron chi connectivity index (χ2n) is 4.12. The lowest BCUT2D eigenvalue weighted by Crippen LogP contribution is -1.91. The minimum Gasteiger partial charge on any atom is -0.455 e. The second kappa shape index (κ2) is 5.05. The Morgan fingerprint density at radius 1 is 1.00 bits per heavy atom. The largest absolute Gasteiger partial charge is 0.455 e. The van der Waals surface area contributed by atoms with Crippen molar-refractivity contribution in [3.63, 3.8) is 0 Å². The van der Waals surface area contributed by atoms with Crippen LogP contribution in [0.15, 0.2) is 54.7 Å². The zero-order chi connectivity index (χ0) is 13.2. The third-order valence-corrected chi connectivity index (χ3v) is 3.67. The summed E-state index contributed by atoms with van der Waals surface area (Å²) in [6.07, 6.45) is 1.73. The molecule has 3 rings (SSSR count). The van der Waals surface area contributed by atoms with Crippen LogP contribution >= 0.6 is 22.6 Å². The molecule has 0 fully saturated rings. The Labute approximate surface area is 124 Å². The van der Waals surface area contributed by atoms with Gasteiger partial charge < -0.3 is 10.5 Å². The van der Waals surface area contributed by atoms with E-state index in [4.69, 9.17) is 10.5 Å². The number of anilines is 1. The summed E-state index contributed by atoms with van der Waals surface area (Å²) >= 11 is 2.26. The predicted molar refractivity (Wildman–Crippen MR) is 85.4 cm³/mol. The van der Waals surface area contributed by atoms with Gasteiger partial charge in [-0.3, -0.25) is 4.98 Å². The van der Waals surface area contributed by atoms with E-state index in [1.807, 2.05) is 48.5 Å². The summed E-state index contributed by atoms with van der Waals surface area (Å²) in [5.74, 6) is 1.63. The van der Waals surface area contributed by atoms with E-state index >= 15 is 0 Å². The van der Waals surface area contributed by atoms with Crippen LogP contribution in [0.2, 0.25) is 0 Å². The summed E-state index contributed by atoms with van der Waals surface area (Å²) in [5, 5.41) is 0.955. The molecule has 0 bridgehead atoms. The fourth-order valence-corrected chi connectivity index (χ4v) is 2.37. The number of rotatable bonds is 2. The van der Waals surface area contributed by atoms with Crippen LogP contribution in [0.1, 0.15) is 0 Å². The summed E-state index contributed by atoms with van der Waals surface area (Å²) in [6, 6.07) is 15.4. The molecule has 94 valence electrons. The Bertz CT molecular complexity index is 743. The first-order valence-electron chi connectivity index (χ1n) is 5.81. The van der Waals surface area contributed by atoms with Gasteiger partial charge in [0.05, 0.1) is 9.09 Å². The third kappa shape index (κ3) is 2.49. The number of benzene rings is 2. The number of nitrogens with zero attached hydrogens (tertiary/aromatic N) is 1. The van der Waals surface area contributed by atoms with Crippen molar-refractivity contribution in [3.05, 3.63) is 58.3 Å². The Morgan fingerprint density at radius 2 is 1.84 bits per heavy atom. The lowest BCUT2D eigenvalue weighted by Gasteiger charge is -2.10. The van der Waals surface area contributed by atoms with Crippen molar-refractivity contribution in [3.8, 4) is 11.5 Å². The van der Waals surface area contributed by atoms with Crippen molar-refractivity contribution in [2.45, 2.75) is 0 Å². The standard InChI is InChI=1S/C15H11IN2O/c16-12-3-1-2-4-15(12)19-14-7-8-18-13-9-10(17)5-6-11(13)14/h1-9H,17H2. The van der Waals surface area contributed by atoms with E-state index < -0.39 is 0 Å². The van der Waals surface area contributed by atoms with Gasteiger partial charge in [0.2, 0.25) is 0 Å². The summed E-state index contributed by atoms with van der Waals surface area (Å²) < 4.78 is 7.04. The fraction of sp³-hybridized carbons (Fsp3) is 0. The number of aromatic nitrogens is 1. The van der Waals surface area contributed by atoms with Crippen LogP contribution in [-0.2, 0) is 0 Å². The van der Waals surface area contributed by atoms with Gasteiger partial charge in [-0.15, -0.1) is 0 Å². The highest BCUT2D eigenvalue weighted by Crippen LogP contribution is 2.31. The van der Waals surface area contributed by atoms with Crippen molar-refractivity contribution < 1.29 is 4.74 Å². The lowest BCUT2D eigenvalue weighted by atomic mass is 10.2. The van der Waals surface area contributed by atoms with Crippen molar-refractivity contribution in [1.29, 1.82) is 0 Å². The number of hydrogen-bond acceptors (Lipinski definition) is 3. The van der Waals surface area contributed by atoms with Gasteiger partial charge in [-0.2, -0.15) is 0 Å². The van der Waals surface area contributed by atoms with Crippen LogP contribution in [-0.4, -0.2) is 4.98 Å². The van der Waals surface area contributed by atoms with Crippen LogP contribution < -0.4 is 10.5 Å². The van der Waals surface area contributed by atoms with Gasteiger partial charge in [0.1, 0.15) is 11.5 Å². The van der Waals surface area contributed by atoms with E-state index in [1.54, 1.807) is 6.20 Å². The van der Waals surface area contributed by atoms with Gasteiger partial charge >= 0.3 is 0 Å². The zero-order valence-corrected chi connectivity index (χ0v) is 12.2. The Morgan fingerprint density at radius 3 is 2.68 bits per heavy atom. The summed E-state index contributed by atoms with van der Waals surface area (Å²) in [6.45, 7) is 0. The number of nitrogen functional groups attached to an aromatic ring is 1. The summed E-state index contributed by atoms with van der Waals surface area (Å²) in [5.41, 5.74) is 7.31. The normalized spacial score (nSPS) is 10.6. The minimum absolute atomic E-state index is 0.700. The van der Waals surface area contributed by atoms with E-state index in [9.17, 15) is 0 Å². The van der Waals surface area contributed by atoms with E-state index in [2.05, 4.69) is 27.6 Å². The van der Waals surface area contributed by atoms with Gasteiger partial charge in [-0.1, -0.05) is 12.1 Å². The maximum Gasteiger partial charge on any atom is 0.140 e. The Kier molecular flexibility index (Phi) is 3.25. The van der Waals surface area contributed by atoms with Crippen molar-refractivity contribution in [2.75, 3.05) is 5.73 Å². The molecule has 0 unspecified atom stereocenters. The van der Waals surface area contributed by atoms with Crippen LogP contribution in [0, 0.1) is 3.57 Å². The number of pyridine rings is 1. The van der Waals surface area contributed by atoms with Crippen LogP contribution in [0.25, 0.3) is 10.9 Å². The number of ether oxygens (including phenoxy) is 1. The number of para-hydroxylation sites is 1. The Balaban J connectivity index is 2.09. The van der Waals surface area contributed by atoms with Crippen LogP contribution in [0.4, 0.5) is 5.69 Å². The molecular formula is C15H11IN2O. The van der Waals surface area contributed by atoms with Gasteiger partial charge in [0.25, 0.3) is 0 Å². The average Bonchev–Trinajstić information content (AvgIpc) is 2.41. The molecule has 0 aliphatic rings. The molecule has 0 saturated carbocycles. The summed E-state index contributed by atoms with van der Waals surface area (Å²) in [4.78, 5) is 4.30. The minimum atomic E-state index is 0.700. The summed E-state index contributed by atoms with van der Waals surface area (Å²) in [7, 11) is 0. The molecule has 2 aromatic carbocycles. The molecule has 4 heteroatoms. The highest BCUT2D eigenvalue weighted by atomic mass is 127. The molecule has 0 amide bonds. The van der Waals surface area contributed by atoms with Gasteiger partial charge in [0.15, 0.2) is 0 Å². The monoisotopic (exact) mass is 362 g/mol. The molecule has 1 heterocycles. The van der Waals surface area contributed by atoms with E-state index in [1.165, 1.54) is 0 Å². The highest BCUT2D eigenvalue weighted by molar-refractivity contribution is 14.1. The van der Waals surface area contributed by atoms with Crippen LogP contribution in [0.3, 0.4) is 0 Å². The van der Waals surface area contributed by atoms with Crippen molar-refractivity contribution in [1.82, 2.24) is 4.98 Å². The van der Waals surface area contributed by atoms with E-state index in [0.717, 1.165) is 26.0 Å². The molecule has 19 heavy (non-hydrogen) atoms. The number of nitrogens with two attached hydrogens (primary N) is 1. The molecule has 0 spiro atoms. The zero-order valence-electron chi connectivity index (χ0n) is 10.0. The first-order chi connectivity index (χ1) is 9.24. The molecule has 0 atom stereocenters. The Hall–Kier alpha value is -1.82. The topological polar surface area (TPSA) is 48.1 Å². The molecule has 0 aliphatic carbocycles. The molecule has 0 saturated heterocycles. The van der Waals surface area contributed by atoms with E-state index in [-0.39, 0.29) is 0 Å². The quantitative estimate of drug-likeness (QED) is 0.549. The SMILES string of the molecule is Nc1ccc2c(Oc3ccccc3I)ccnc2c1. The third-order valence-electron chi connectivity index (χ3n) is 2.78.